The Morgan fingerprint density at radius 3 is 2.62 bits per heavy atom. The Hall–Kier alpha value is -3.03. The molecule has 1 aliphatic rings. The molecule has 1 amide bonds. The zero-order valence-corrected chi connectivity index (χ0v) is 16.8. The number of rotatable bonds is 4. The summed E-state index contributed by atoms with van der Waals surface area (Å²) in [6.45, 7) is 4.08. The third-order valence-corrected chi connectivity index (χ3v) is 6.13. The lowest BCUT2D eigenvalue weighted by molar-refractivity contribution is 0.0622. The van der Waals surface area contributed by atoms with E-state index in [1.165, 1.54) is 16.9 Å². The Morgan fingerprint density at radius 1 is 1.03 bits per heavy atom. The maximum absolute atomic E-state index is 13.1. The summed E-state index contributed by atoms with van der Waals surface area (Å²) in [5.74, 6) is 0.0780. The maximum atomic E-state index is 13.1. The quantitative estimate of drug-likeness (QED) is 0.524. The number of hydrogen-bond donors (Lipinski definition) is 0. The van der Waals surface area contributed by atoms with Gasteiger partial charge in [-0.2, -0.15) is 0 Å². The molecule has 0 bridgehead atoms. The minimum absolute atomic E-state index is 0.0780. The first-order valence-electron chi connectivity index (χ1n) is 9.70. The molecule has 1 fully saturated rings. The number of nitrogens with zero attached hydrogens (tertiary/aromatic N) is 5. The Kier molecular flexibility index (Phi) is 4.83. The number of pyridine rings is 1. The van der Waals surface area contributed by atoms with Gasteiger partial charge >= 0.3 is 0 Å². The maximum Gasteiger partial charge on any atom is 0.271 e. The monoisotopic (exact) mass is 403 g/mol. The van der Waals surface area contributed by atoms with Gasteiger partial charge in [0.1, 0.15) is 5.69 Å². The molecular formula is C22H21N5OS. The van der Waals surface area contributed by atoms with E-state index in [-0.39, 0.29) is 5.91 Å². The number of benzene rings is 1. The first-order chi connectivity index (χ1) is 14.3. The molecule has 7 heteroatoms. The summed E-state index contributed by atoms with van der Waals surface area (Å²) in [6, 6.07) is 14.1. The van der Waals surface area contributed by atoms with Gasteiger partial charge < -0.3 is 4.90 Å². The Bertz CT molecular complexity index is 1110. The number of carbonyl (C=O) groups excluding carboxylic acids is 1. The van der Waals surface area contributed by atoms with E-state index in [0.717, 1.165) is 48.9 Å². The fourth-order valence-electron chi connectivity index (χ4n) is 3.71. The Morgan fingerprint density at radius 2 is 1.86 bits per heavy atom. The van der Waals surface area contributed by atoms with Gasteiger partial charge in [0.05, 0.1) is 5.69 Å². The van der Waals surface area contributed by atoms with E-state index in [2.05, 4.69) is 20.9 Å². The van der Waals surface area contributed by atoms with E-state index in [4.69, 9.17) is 0 Å². The lowest BCUT2D eigenvalue weighted by Gasteiger charge is -2.34. The average Bonchev–Trinajstić information content (AvgIpc) is 3.36. The molecule has 0 atom stereocenters. The molecule has 6 nitrogen and oxygen atoms in total. The number of amides is 1. The van der Waals surface area contributed by atoms with E-state index >= 15 is 0 Å². The molecule has 0 N–H and O–H groups in total. The third kappa shape index (κ3) is 3.66. The van der Waals surface area contributed by atoms with Crippen molar-refractivity contribution in [3.05, 3.63) is 77.7 Å². The van der Waals surface area contributed by atoms with Crippen LogP contribution in [0.4, 0.5) is 0 Å². The number of hydrogen-bond acceptors (Lipinski definition) is 5. The van der Waals surface area contributed by atoms with Crippen molar-refractivity contribution in [1.29, 1.82) is 0 Å². The zero-order chi connectivity index (χ0) is 19.6. The van der Waals surface area contributed by atoms with Crippen molar-refractivity contribution in [2.75, 3.05) is 26.2 Å². The predicted octanol–water partition coefficient (Wildman–Crippen LogP) is 3.42. The molecule has 5 rings (SSSR count). The number of thiazole rings is 1. The van der Waals surface area contributed by atoms with Crippen molar-refractivity contribution < 1.29 is 4.79 Å². The van der Waals surface area contributed by atoms with Gasteiger partial charge in [-0.05, 0) is 11.6 Å². The number of aromatic nitrogens is 3. The third-order valence-electron chi connectivity index (χ3n) is 5.29. The molecule has 4 aromatic rings. The SMILES string of the molecule is O=C(c1csc2nc(-c3ccccc3)cn12)N1CCN(Cc2cccnc2)CC1. The topological polar surface area (TPSA) is 53.7 Å². The second-order valence-electron chi connectivity index (χ2n) is 7.20. The molecule has 1 aliphatic heterocycles. The van der Waals surface area contributed by atoms with Crippen LogP contribution in [-0.4, -0.2) is 56.3 Å². The fraction of sp³-hybridized carbons (Fsp3) is 0.227. The highest BCUT2D eigenvalue weighted by atomic mass is 32.1. The van der Waals surface area contributed by atoms with Crippen LogP contribution in [0.2, 0.25) is 0 Å². The van der Waals surface area contributed by atoms with Gasteiger partial charge in [-0.15, -0.1) is 11.3 Å². The van der Waals surface area contributed by atoms with Gasteiger partial charge in [-0.25, -0.2) is 4.98 Å². The van der Waals surface area contributed by atoms with Gasteiger partial charge in [0, 0.05) is 62.3 Å². The first-order valence-corrected chi connectivity index (χ1v) is 10.6. The van der Waals surface area contributed by atoms with Crippen molar-refractivity contribution >= 4 is 22.2 Å². The largest absolute Gasteiger partial charge is 0.335 e. The number of carbonyl (C=O) groups is 1. The molecule has 0 unspecified atom stereocenters. The van der Waals surface area contributed by atoms with Crippen molar-refractivity contribution in [2.45, 2.75) is 6.54 Å². The highest BCUT2D eigenvalue weighted by Gasteiger charge is 2.25. The van der Waals surface area contributed by atoms with Crippen molar-refractivity contribution in [3.63, 3.8) is 0 Å². The van der Waals surface area contributed by atoms with Crippen molar-refractivity contribution in [1.82, 2.24) is 24.2 Å². The summed E-state index contributed by atoms with van der Waals surface area (Å²) >= 11 is 1.51. The second-order valence-corrected chi connectivity index (χ2v) is 8.03. The normalized spacial score (nSPS) is 15.1. The molecule has 0 spiro atoms. The number of piperazine rings is 1. The van der Waals surface area contributed by atoms with Crippen LogP contribution >= 0.6 is 11.3 Å². The molecule has 0 aliphatic carbocycles. The van der Waals surface area contributed by atoms with Gasteiger partial charge in [-0.1, -0.05) is 36.4 Å². The molecule has 0 radical (unpaired) electrons. The molecule has 146 valence electrons. The second kappa shape index (κ2) is 7.77. The highest BCUT2D eigenvalue weighted by Crippen LogP contribution is 2.24. The fourth-order valence-corrected chi connectivity index (χ4v) is 4.55. The molecule has 1 saturated heterocycles. The summed E-state index contributed by atoms with van der Waals surface area (Å²) in [5.41, 5.74) is 3.86. The minimum atomic E-state index is 0.0780. The lowest BCUT2D eigenvalue weighted by atomic mass is 10.2. The standard InChI is InChI=1S/C22H21N5OS/c28-21(26-11-9-25(10-12-26)14-17-5-4-8-23-13-17)20-16-29-22-24-19(15-27(20)22)18-6-2-1-3-7-18/h1-8,13,15-16H,9-12,14H2. The molecule has 1 aromatic carbocycles. The number of imidazole rings is 1. The average molecular weight is 404 g/mol. The Labute approximate surface area is 173 Å². The van der Waals surface area contributed by atoms with Crippen LogP contribution in [-0.2, 0) is 6.54 Å². The summed E-state index contributed by atoms with van der Waals surface area (Å²) in [4.78, 5) is 27.2. The summed E-state index contributed by atoms with van der Waals surface area (Å²) in [5, 5.41) is 1.92. The summed E-state index contributed by atoms with van der Waals surface area (Å²) in [7, 11) is 0. The van der Waals surface area contributed by atoms with Crippen molar-refractivity contribution in [2.24, 2.45) is 0 Å². The van der Waals surface area contributed by atoms with E-state index in [1.54, 1.807) is 6.20 Å². The molecular weight excluding hydrogens is 382 g/mol. The van der Waals surface area contributed by atoms with Gasteiger partial charge in [0.2, 0.25) is 0 Å². The van der Waals surface area contributed by atoms with Crippen LogP contribution in [0.1, 0.15) is 16.1 Å². The van der Waals surface area contributed by atoms with Crippen LogP contribution in [0, 0.1) is 0 Å². The lowest BCUT2D eigenvalue weighted by Crippen LogP contribution is -2.48. The molecule has 0 saturated carbocycles. The molecule has 4 heterocycles. The van der Waals surface area contributed by atoms with Crippen molar-refractivity contribution in [3.8, 4) is 11.3 Å². The minimum Gasteiger partial charge on any atom is -0.335 e. The molecule has 29 heavy (non-hydrogen) atoms. The van der Waals surface area contributed by atoms with Crippen LogP contribution in [0.3, 0.4) is 0 Å². The smallest absolute Gasteiger partial charge is 0.271 e. The van der Waals surface area contributed by atoms with Crippen LogP contribution in [0.5, 0.6) is 0 Å². The van der Waals surface area contributed by atoms with Crippen LogP contribution in [0.25, 0.3) is 16.2 Å². The summed E-state index contributed by atoms with van der Waals surface area (Å²) in [6.07, 6.45) is 5.66. The van der Waals surface area contributed by atoms with Gasteiger partial charge in [0.25, 0.3) is 5.91 Å². The Balaban J connectivity index is 1.29. The van der Waals surface area contributed by atoms with E-state index < -0.39 is 0 Å². The van der Waals surface area contributed by atoms with E-state index in [9.17, 15) is 4.79 Å². The number of fused-ring (bicyclic) bond motifs is 1. The van der Waals surface area contributed by atoms with Crippen LogP contribution < -0.4 is 0 Å². The zero-order valence-electron chi connectivity index (χ0n) is 15.9. The van der Waals surface area contributed by atoms with Gasteiger partial charge in [-0.3, -0.25) is 19.1 Å². The predicted molar refractivity (Wildman–Crippen MR) is 114 cm³/mol. The summed E-state index contributed by atoms with van der Waals surface area (Å²) < 4.78 is 1.93. The molecule has 3 aromatic heterocycles. The van der Waals surface area contributed by atoms with Gasteiger partial charge in [0.15, 0.2) is 4.96 Å². The van der Waals surface area contributed by atoms with E-state index in [0.29, 0.717) is 5.69 Å². The highest BCUT2D eigenvalue weighted by molar-refractivity contribution is 7.15. The van der Waals surface area contributed by atoms with E-state index in [1.807, 2.05) is 63.5 Å². The first kappa shape index (κ1) is 18.0. The van der Waals surface area contributed by atoms with Crippen LogP contribution in [0.15, 0.2) is 66.4 Å².